The van der Waals surface area contributed by atoms with Gasteiger partial charge in [0.2, 0.25) is 12.5 Å². The minimum atomic E-state index is 0.261. The van der Waals surface area contributed by atoms with Gasteiger partial charge in [0, 0.05) is 37.3 Å². The molecule has 0 amide bonds. The molecule has 1 N–H and O–H groups in total. The fraction of sp³-hybridized carbons (Fsp3) is 0.400. The van der Waals surface area contributed by atoms with E-state index in [2.05, 4.69) is 15.1 Å². The molecule has 2 aromatic rings. The van der Waals surface area contributed by atoms with Crippen LogP contribution >= 0.6 is 0 Å². The zero-order chi connectivity index (χ0) is 14.2. The summed E-state index contributed by atoms with van der Waals surface area (Å²) < 4.78 is 16.3. The van der Waals surface area contributed by atoms with Crippen LogP contribution in [0.5, 0.6) is 17.2 Å². The number of nitrogens with zero attached hydrogens (tertiary/aromatic N) is 2. The maximum absolute atomic E-state index is 5.48. The van der Waals surface area contributed by atoms with Crippen molar-refractivity contribution in [3.63, 3.8) is 0 Å². The summed E-state index contributed by atoms with van der Waals surface area (Å²) in [4.78, 5) is 2.40. The van der Waals surface area contributed by atoms with Crippen LogP contribution in [-0.4, -0.2) is 35.5 Å². The average Bonchev–Trinajstić information content (AvgIpc) is 3.14. The van der Waals surface area contributed by atoms with Crippen molar-refractivity contribution in [2.24, 2.45) is 0 Å². The molecule has 110 valence electrons. The Bertz CT molecular complexity index is 668. The van der Waals surface area contributed by atoms with Gasteiger partial charge in [-0.15, -0.1) is 0 Å². The monoisotopic (exact) mass is 287 g/mol. The van der Waals surface area contributed by atoms with Gasteiger partial charge in [-0.3, -0.25) is 10.00 Å². The third-order valence-electron chi connectivity index (χ3n) is 4.00. The highest BCUT2D eigenvalue weighted by Gasteiger charge is 2.22. The summed E-state index contributed by atoms with van der Waals surface area (Å²) in [6.45, 7) is 3.06. The summed E-state index contributed by atoms with van der Waals surface area (Å²) in [5, 5.41) is 7.17. The third-order valence-corrected chi connectivity index (χ3v) is 4.00. The molecule has 2 aliphatic heterocycles. The number of methoxy groups -OCH3 is 1. The van der Waals surface area contributed by atoms with E-state index in [1.807, 2.05) is 18.3 Å². The Kier molecular flexibility index (Phi) is 2.96. The van der Waals surface area contributed by atoms with Crippen LogP contribution in [-0.2, 0) is 19.5 Å². The Morgan fingerprint density at radius 1 is 1.38 bits per heavy atom. The Morgan fingerprint density at radius 3 is 3.24 bits per heavy atom. The molecular weight excluding hydrogens is 270 g/mol. The van der Waals surface area contributed by atoms with Crippen molar-refractivity contribution in [2.75, 3.05) is 20.4 Å². The fourth-order valence-corrected chi connectivity index (χ4v) is 2.95. The number of aromatic nitrogens is 2. The first kappa shape index (κ1) is 12.5. The van der Waals surface area contributed by atoms with Crippen molar-refractivity contribution >= 4 is 0 Å². The van der Waals surface area contributed by atoms with Gasteiger partial charge in [0.05, 0.1) is 13.3 Å². The second kappa shape index (κ2) is 4.96. The topological polar surface area (TPSA) is 59.6 Å². The van der Waals surface area contributed by atoms with E-state index < -0.39 is 0 Å². The predicted octanol–water partition coefficient (Wildman–Crippen LogP) is 1.71. The minimum absolute atomic E-state index is 0.261. The number of H-pyrrole nitrogens is 1. The number of aromatic amines is 1. The van der Waals surface area contributed by atoms with Gasteiger partial charge >= 0.3 is 0 Å². The third kappa shape index (κ3) is 2.21. The second-order valence-electron chi connectivity index (χ2n) is 5.37. The molecule has 4 rings (SSSR count). The fourth-order valence-electron chi connectivity index (χ4n) is 2.95. The molecule has 0 spiro atoms. The molecule has 6 nitrogen and oxygen atoms in total. The standard InChI is InChI=1S/C15H17N3O3/c1-19-13-4-10(5-14-15(13)21-9-20-14)7-18-3-2-12-11(8-18)6-16-17-12/h4-6H,2-3,7-9H2,1H3,(H,16,17). The van der Waals surface area contributed by atoms with Crippen molar-refractivity contribution in [3.05, 3.63) is 35.2 Å². The van der Waals surface area contributed by atoms with Gasteiger partial charge in [-0.2, -0.15) is 5.10 Å². The molecule has 0 fully saturated rings. The van der Waals surface area contributed by atoms with E-state index in [9.17, 15) is 0 Å². The largest absolute Gasteiger partial charge is 0.493 e. The van der Waals surface area contributed by atoms with Crippen molar-refractivity contribution < 1.29 is 14.2 Å². The summed E-state index contributed by atoms with van der Waals surface area (Å²) in [6, 6.07) is 4.06. The van der Waals surface area contributed by atoms with Gasteiger partial charge in [-0.25, -0.2) is 0 Å². The number of hydrogen-bond acceptors (Lipinski definition) is 5. The number of benzene rings is 1. The van der Waals surface area contributed by atoms with Crippen molar-refractivity contribution in [1.82, 2.24) is 15.1 Å². The van der Waals surface area contributed by atoms with Gasteiger partial charge in [-0.1, -0.05) is 0 Å². The molecule has 3 heterocycles. The molecule has 0 aliphatic carbocycles. The van der Waals surface area contributed by atoms with Gasteiger partial charge < -0.3 is 14.2 Å². The molecule has 0 radical (unpaired) electrons. The van der Waals surface area contributed by atoms with E-state index >= 15 is 0 Å². The molecule has 1 aromatic carbocycles. The first-order chi connectivity index (χ1) is 10.3. The van der Waals surface area contributed by atoms with Crippen LogP contribution < -0.4 is 14.2 Å². The van der Waals surface area contributed by atoms with E-state index in [1.54, 1.807) is 7.11 Å². The van der Waals surface area contributed by atoms with Crippen LogP contribution in [0.4, 0.5) is 0 Å². The molecule has 1 aromatic heterocycles. The Morgan fingerprint density at radius 2 is 2.33 bits per heavy atom. The van der Waals surface area contributed by atoms with E-state index in [0.29, 0.717) is 5.75 Å². The van der Waals surface area contributed by atoms with Gasteiger partial charge in [0.25, 0.3) is 0 Å². The first-order valence-corrected chi connectivity index (χ1v) is 7.03. The Hall–Kier alpha value is -2.21. The lowest BCUT2D eigenvalue weighted by Crippen LogP contribution is -2.29. The highest BCUT2D eigenvalue weighted by Crippen LogP contribution is 2.42. The van der Waals surface area contributed by atoms with Crippen LogP contribution in [0.15, 0.2) is 18.3 Å². The number of nitrogens with one attached hydrogen (secondary N) is 1. The summed E-state index contributed by atoms with van der Waals surface area (Å²) in [6.07, 6.45) is 2.93. The lowest BCUT2D eigenvalue weighted by atomic mass is 10.1. The molecule has 6 heteroatoms. The van der Waals surface area contributed by atoms with Crippen LogP contribution in [0.3, 0.4) is 0 Å². The molecule has 21 heavy (non-hydrogen) atoms. The molecule has 0 atom stereocenters. The van der Waals surface area contributed by atoms with E-state index in [1.165, 1.54) is 16.8 Å². The molecule has 0 bridgehead atoms. The zero-order valence-corrected chi connectivity index (χ0v) is 11.9. The number of fused-ring (bicyclic) bond motifs is 2. The quantitative estimate of drug-likeness (QED) is 0.931. The molecular formula is C15H17N3O3. The highest BCUT2D eigenvalue weighted by atomic mass is 16.7. The highest BCUT2D eigenvalue weighted by molar-refractivity contribution is 5.55. The van der Waals surface area contributed by atoms with Gasteiger partial charge in [0.1, 0.15) is 0 Å². The maximum Gasteiger partial charge on any atom is 0.231 e. The molecule has 0 unspecified atom stereocenters. The lowest BCUT2D eigenvalue weighted by Gasteiger charge is -2.26. The number of hydrogen-bond donors (Lipinski definition) is 1. The van der Waals surface area contributed by atoms with Gasteiger partial charge in [-0.05, 0) is 17.7 Å². The van der Waals surface area contributed by atoms with E-state index in [0.717, 1.165) is 37.6 Å². The van der Waals surface area contributed by atoms with Crippen molar-refractivity contribution in [1.29, 1.82) is 0 Å². The maximum atomic E-state index is 5.48. The second-order valence-corrected chi connectivity index (χ2v) is 5.37. The minimum Gasteiger partial charge on any atom is -0.493 e. The number of rotatable bonds is 3. The normalized spacial score (nSPS) is 16.8. The van der Waals surface area contributed by atoms with Crippen LogP contribution in [0.2, 0.25) is 0 Å². The van der Waals surface area contributed by atoms with Gasteiger partial charge in [0.15, 0.2) is 11.5 Å². The van der Waals surface area contributed by atoms with Crippen LogP contribution in [0.1, 0.15) is 16.8 Å². The summed E-state index contributed by atoms with van der Waals surface area (Å²) >= 11 is 0. The predicted molar refractivity (Wildman–Crippen MR) is 75.5 cm³/mol. The molecule has 2 aliphatic rings. The summed E-state index contributed by atoms with van der Waals surface area (Å²) in [5.41, 5.74) is 3.71. The smallest absolute Gasteiger partial charge is 0.231 e. The van der Waals surface area contributed by atoms with Crippen LogP contribution in [0, 0.1) is 0 Å². The summed E-state index contributed by atoms with van der Waals surface area (Å²) in [7, 11) is 1.65. The van der Waals surface area contributed by atoms with Crippen molar-refractivity contribution in [3.8, 4) is 17.2 Å². The lowest BCUT2D eigenvalue weighted by molar-refractivity contribution is 0.171. The van der Waals surface area contributed by atoms with E-state index in [-0.39, 0.29) is 6.79 Å². The number of ether oxygens (including phenoxy) is 3. The summed E-state index contributed by atoms with van der Waals surface area (Å²) in [5.74, 6) is 2.21. The zero-order valence-electron chi connectivity index (χ0n) is 11.9. The first-order valence-electron chi connectivity index (χ1n) is 7.03. The SMILES string of the molecule is COc1cc(CN2CCc3[nH]ncc3C2)cc2c1OCO2. The average molecular weight is 287 g/mol. The van der Waals surface area contributed by atoms with Crippen molar-refractivity contribution in [2.45, 2.75) is 19.5 Å². The molecule has 0 saturated carbocycles. The molecule has 0 saturated heterocycles. The van der Waals surface area contributed by atoms with Crippen LogP contribution in [0.25, 0.3) is 0 Å². The Balaban J connectivity index is 1.55. The van der Waals surface area contributed by atoms with E-state index in [4.69, 9.17) is 14.2 Å². The Labute approximate surface area is 122 Å².